The highest BCUT2D eigenvalue weighted by Crippen LogP contribution is 2.12. The standard InChI is InChI=1S/C15H20N4O/c1-12(10-16)9-15(20)18-14-5-3-13(4-6-14)11-19-8-2-7-17-19/h2-8,12H,9-11,16H2,1H3,(H,18,20). The van der Waals surface area contributed by atoms with Crippen LogP contribution in [0.25, 0.3) is 0 Å². The summed E-state index contributed by atoms with van der Waals surface area (Å²) in [4.78, 5) is 11.7. The van der Waals surface area contributed by atoms with Crippen LogP contribution in [0.15, 0.2) is 42.7 Å². The largest absolute Gasteiger partial charge is 0.330 e. The van der Waals surface area contributed by atoms with E-state index in [1.54, 1.807) is 6.20 Å². The number of hydrogen-bond donors (Lipinski definition) is 2. The zero-order valence-corrected chi connectivity index (χ0v) is 11.6. The Balaban J connectivity index is 1.89. The molecule has 1 heterocycles. The molecular formula is C15H20N4O. The van der Waals surface area contributed by atoms with Crippen LogP contribution in [0, 0.1) is 5.92 Å². The third-order valence-electron chi connectivity index (χ3n) is 3.08. The molecule has 1 amide bonds. The second-order valence-electron chi connectivity index (χ2n) is 4.99. The van der Waals surface area contributed by atoms with Crippen LogP contribution in [0.1, 0.15) is 18.9 Å². The molecule has 3 N–H and O–H groups in total. The van der Waals surface area contributed by atoms with Gasteiger partial charge >= 0.3 is 0 Å². The number of benzene rings is 1. The predicted octanol–water partition coefficient (Wildman–Crippen LogP) is 1.85. The summed E-state index contributed by atoms with van der Waals surface area (Å²) in [5.74, 6) is 0.205. The third kappa shape index (κ3) is 4.20. The maximum Gasteiger partial charge on any atom is 0.224 e. The quantitative estimate of drug-likeness (QED) is 0.843. The van der Waals surface area contributed by atoms with Crippen LogP contribution in [0.5, 0.6) is 0 Å². The molecule has 0 aliphatic rings. The zero-order chi connectivity index (χ0) is 14.4. The van der Waals surface area contributed by atoms with Crippen molar-refractivity contribution in [1.29, 1.82) is 0 Å². The lowest BCUT2D eigenvalue weighted by atomic mass is 10.1. The summed E-state index contributed by atoms with van der Waals surface area (Å²) in [7, 11) is 0. The molecule has 1 aromatic heterocycles. The topological polar surface area (TPSA) is 72.9 Å². The summed E-state index contributed by atoms with van der Waals surface area (Å²) in [6, 6.07) is 9.69. The van der Waals surface area contributed by atoms with Crippen molar-refractivity contribution in [3.63, 3.8) is 0 Å². The van der Waals surface area contributed by atoms with Crippen LogP contribution < -0.4 is 11.1 Å². The summed E-state index contributed by atoms with van der Waals surface area (Å²) >= 11 is 0. The molecule has 0 aliphatic carbocycles. The van der Waals surface area contributed by atoms with E-state index >= 15 is 0 Å². The molecule has 20 heavy (non-hydrogen) atoms. The predicted molar refractivity (Wildman–Crippen MR) is 79.2 cm³/mol. The van der Waals surface area contributed by atoms with Gasteiger partial charge in [0.2, 0.25) is 5.91 Å². The number of amides is 1. The molecule has 1 atom stereocenters. The van der Waals surface area contributed by atoms with Crippen LogP contribution in [-0.2, 0) is 11.3 Å². The van der Waals surface area contributed by atoms with Gasteiger partial charge in [-0.15, -0.1) is 0 Å². The molecule has 106 valence electrons. The Morgan fingerprint density at radius 1 is 1.40 bits per heavy atom. The molecular weight excluding hydrogens is 252 g/mol. The lowest BCUT2D eigenvalue weighted by molar-refractivity contribution is -0.116. The molecule has 0 saturated carbocycles. The SMILES string of the molecule is CC(CN)CC(=O)Nc1ccc(Cn2cccn2)cc1. The van der Waals surface area contributed by atoms with E-state index in [0.717, 1.165) is 17.8 Å². The van der Waals surface area contributed by atoms with Gasteiger partial charge in [-0.3, -0.25) is 9.48 Å². The maximum absolute atomic E-state index is 11.7. The van der Waals surface area contributed by atoms with Crippen molar-refractivity contribution >= 4 is 11.6 Å². The van der Waals surface area contributed by atoms with Gasteiger partial charge in [-0.25, -0.2) is 0 Å². The fourth-order valence-corrected chi connectivity index (χ4v) is 1.89. The highest BCUT2D eigenvalue weighted by molar-refractivity contribution is 5.90. The Hall–Kier alpha value is -2.14. The van der Waals surface area contributed by atoms with Crippen LogP contribution in [0.3, 0.4) is 0 Å². The lowest BCUT2D eigenvalue weighted by Gasteiger charge is -2.10. The Morgan fingerprint density at radius 2 is 2.15 bits per heavy atom. The molecule has 0 radical (unpaired) electrons. The van der Waals surface area contributed by atoms with Crippen molar-refractivity contribution in [3.8, 4) is 0 Å². The van der Waals surface area contributed by atoms with Crippen molar-refractivity contribution in [2.24, 2.45) is 11.7 Å². The Kier molecular flexibility index (Phi) is 4.90. The van der Waals surface area contributed by atoms with Gasteiger partial charge in [-0.2, -0.15) is 5.10 Å². The highest BCUT2D eigenvalue weighted by Gasteiger charge is 2.07. The summed E-state index contributed by atoms with van der Waals surface area (Å²) in [6.07, 6.45) is 4.13. The third-order valence-corrected chi connectivity index (χ3v) is 3.08. The minimum absolute atomic E-state index is 0.00257. The number of carbonyl (C=O) groups is 1. The first-order valence-corrected chi connectivity index (χ1v) is 6.73. The van der Waals surface area contributed by atoms with Crippen LogP contribution in [0.2, 0.25) is 0 Å². The highest BCUT2D eigenvalue weighted by atomic mass is 16.1. The van der Waals surface area contributed by atoms with Gasteiger partial charge in [0, 0.05) is 24.5 Å². The van der Waals surface area contributed by atoms with Gasteiger partial charge in [0.25, 0.3) is 0 Å². The van der Waals surface area contributed by atoms with Crippen molar-refractivity contribution in [2.75, 3.05) is 11.9 Å². The number of nitrogens with two attached hydrogens (primary N) is 1. The van der Waals surface area contributed by atoms with Gasteiger partial charge in [0.1, 0.15) is 0 Å². The van der Waals surface area contributed by atoms with E-state index in [9.17, 15) is 4.79 Å². The average Bonchev–Trinajstić information content (AvgIpc) is 2.93. The van der Waals surface area contributed by atoms with Gasteiger partial charge in [0.05, 0.1) is 6.54 Å². The molecule has 0 saturated heterocycles. The Bertz CT molecular complexity index is 534. The second-order valence-corrected chi connectivity index (χ2v) is 4.99. The molecule has 5 heteroatoms. The molecule has 2 rings (SSSR count). The maximum atomic E-state index is 11.7. The van der Waals surface area contributed by atoms with Crippen molar-refractivity contribution in [1.82, 2.24) is 9.78 Å². The Morgan fingerprint density at radius 3 is 2.75 bits per heavy atom. The number of carbonyl (C=O) groups excluding carboxylic acids is 1. The van der Waals surface area contributed by atoms with Crippen molar-refractivity contribution in [3.05, 3.63) is 48.3 Å². The van der Waals surface area contributed by atoms with Crippen molar-refractivity contribution in [2.45, 2.75) is 19.9 Å². The average molecular weight is 272 g/mol. The smallest absolute Gasteiger partial charge is 0.224 e. The second kappa shape index (κ2) is 6.86. The van der Waals surface area contributed by atoms with Gasteiger partial charge in [-0.05, 0) is 36.2 Å². The van der Waals surface area contributed by atoms with E-state index in [0.29, 0.717) is 13.0 Å². The number of hydrogen-bond acceptors (Lipinski definition) is 3. The summed E-state index contributed by atoms with van der Waals surface area (Å²) in [6.45, 7) is 3.22. The van der Waals surface area contributed by atoms with E-state index in [1.807, 2.05) is 48.1 Å². The first-order valence-electron chi connectivity index (χ1n) is 6.73. The Labute approximate surface area is 118 Å². The fourth-order valence-electron chi connectivity index (χ4n) is 1.89. The monoisotopic (exact) mass is 272 g/mol. The van der Waals surface area contributed by atoms with E-state index in [1.165, 1.54) is 0 Å². The number of rotatable bonds is 6. The van der Waals surface area contributed by atoms with E-state index < -0.39 is 0 Å². The normalized spacial score (nSPS) is 12.1. The minimum Gasteiger partial charge on any atom is -0.330 e. The fraction of sp³-hybridized carbons (Fsp3) is 0.333. The zero-order valence-electron chi connectivity index (χ0n) is 11.6. The van der Waals surface area contributed by atoms with Gasteiger partial charge in [-0.1, -0.05) is 19.1 Å². The van der Waals surface area contributed by atoms with Crippen LogP contribution in [0.4, 0.5) is 5.69 Å². The summed E-state index contributed by atoms with van der Waals surface area (Å²) in [5.41, 5.74) is 7.46. The number of anilines is 1. The van der Waals surface area contributed by atoms with Crippen LogP contribution in [-0.4, -0.2) is 22.2 Å². The molecule has 0 aliphatic heterocycles. The summed E-state index contributed by atoms with van der Waals surface area (Å²) < 4.78 is 1.86. The number of nitrogens with one attached hydrogen (secondary N) is 1. The van der Waals surface area contributed by atoms with Gasteiger partial charge in [0.15, 0.2) is 0 Å². The van der Waals surface area contributed by atoms with E-state index in [4.69, 9.17) is 5.73 Å². The molecule has 1 aromatic carbocycles. The summed E-state index contributed by atoms with van der Waals surface area (Å²) in [5, 5.41) is 7.04. The number of aromatic nitrogens is 2. The van der Waals surface area contributed by atoms with E-state index in [2.05, 4.69) is 10.4 Å². The first-order chi connectivity index (χ1) is 9.67. The molecule has 0 spiro atoms. The van der Waals surface area contributed by atoms with Crippen LogP contribution >= 0.6 is 0 Å². The molecule has 1 unspecified atom stereocenters. The molecule has 0 fully saturated rings. The van der Waals surface area contributed by atoms with Crippen molar-refractivity contribution < 1.29 is 4.79 Å². The lowest BCUT2D eigenvalue weighted by Crippen LogP contribution is -2.20. The van der Waals surface area contributed by atoms with E-state index in [-0.39, 0.29) is 11.8 Å². The molecule has 0 bridgehead atoms. The number of nitrogens with zero attached hydrogens (tertiary/aromatic N) is 2. The molecule has 2 aromatic rings. The minimum atomic E-state index is 0.00257. The first kappa shape index (κ1) is 14.3. The van der Waals surface area contributed by atoms with Gasteiger partial charge < -0.3 is 11.1 Å². The molecule has 5 nitrogen and oxygen atoms in total.